The van der Waals surface area contributed by atoms with Crippen molar-refractivity contribution in [3.8, 4) is 0 Å². The van der Waals surface area contributed by atoms with Gasteiger partial charge in [0.05, 0.1) is 6.61 Å². The number of carbonyl (C=O) groups excluding carboxylic acids is 2. The fourth-order valence-electron chi connectivity index (χ4n) is 3.44. The lowest BCUT2D eigenvalue weighted by atomic mass is 10.1. The van der Waals surface area contributed by atoms with E-state index >= 15 is 0 Å². The Kier molecular flexibility index (Phi) is 22.3. The third kappa shape index (κ3) is 21.7. The highest BCUT2D eigenvalue weighted by molar-refractivity contribution is 5.70. The second-order valence-corrected chi connectivity index (χ2v) is 8.43. The quantitative estimate of drug-likeness (QED) is 0.116. The minimum atomic E-state index is -0.764. The second kappa shape index (κ2) is 23.3. The molecule has 182 valence electrons. The molecule has 0 spiro atoms. The molecule has 1 N–H and O–H groups in total. The Morgan fingerprint density at radius 3 is 1.84 bits per heavy atom. The molecule has 1 atom stereocenters. The Bertz CT molecular complexity index is 447. The van der Waals surface area contributed by atoms with E-state index in [4.69, 9.17) is 9.47 Å². The van der Waals surface area contributed by atoms with Crippen LogP contribution in [0.1, 0.15) is 123 Å². The maximum absolute atomic E-state index is 11.9. The molecule has 0 aromatic heterocycles. The van der Waals surface area contributed by atoms with Gasteiger partial charge in [-0.25, -0.2) is 0 Å². The molecule has 0 saturated carbocycles. The Hall–Kier alpha value is -1.36. The van der Waals surface area contributed by atoms with Gasteiger partial charge in [-0.15, -0.1) is 0 Å². The summed E-state index contributed by atoms with van der Waals surface area (Å²) < 4.78 is 10.4. The topological polar surface area (TPSA) is 72.8 Å². The molecule has 0 bridgehead atoms. The smallest absolute Gasteiger partial charge is 0.306 e. The van der Waals surface area contributed by atoms with E-state index in [-0.39, 0.29) is 25.2 Å². The predicted octanol–water partition coefficient (Wildman–Crippen LogP) is 6.66. The van der Waals surface area contributed by atoms with Crippen LogP contribution in [-0.4, -0.2) is 36.4 Å². The molecule has 0 aliphatic heterocycles. The van der Waals surface area contributed by atoms with E-state index < -0.39 is 6.10 Å². The van der Waals surface area contributed by atoms with Crippen LogP contribution in [0.4, 0.5) is 0 Å². The molecule has 5 nitrogen and oxygen atoms in total. The molecular weight excluding hydrogens is 392 g/mol. The summed E-state index contributed by atoms with van der Waals surface area (Å²) in [5.41, 5.74) is 0. The summed E-state index contributed by atoms with van der Waals surface area (Å²) >= 11 is 0. The van der Waals surface area contributed by atoms with Crippen molar-refractivity contribution in [2.24, 2.45) is 0 Å². The highest BCUT2D eigenvalue weighted by atomic mass is 16.6. The van der Waals surface area contributed by atoms with Crippen LogP contribution >= 0.6 is 0 Å². The lowest BCUT2D eigenvalue weighted by Crippen LogP contribution is -2.28. The first kappa shape index (κ1) is 29.6. The lowest BCUT2D eigenvalue weighted by Gasteiger charge is -2.15. The van der Waals surface area contributed by atoms with Crippen molar-refractivity contribution in [2.75, 3.05) is 13.2 Å². The van der Waals surface area contributed by atoms with Crippen molar-refractivity contribution < 1.29 is 24.2 Å². The molecule has 0 aliphatic carbocycles. The van der Waals surface area contributed by atoms with Gasteiger partial charge in [-0.2, -0.15) is 0 Å². The summed E-state index contributed by atoms with van der Waals surface area (Å²) in [7, 11) is 0. The van der Waals surface area contributed by atoms with Gasteiger partial charge in [-0.1, -0.05) is 89.7 Å². The minimum Gasteiger partial charge on any atom is -0.462 e. The number of ether oxygens (including phenoxy) is 2. The minimum absolute atomic E-state index is 0.0660. The van der Waals surface area contributed by atoms with Crippen LogP contribution in [0.5, 0.6) is 0 Å². The molecule has 31 heavy (non-hydrogen) atoms. The average Bonchev–Trinajstić information content (AvgIpc) is 2.77. The number of esters is 2. The van der Waals surface area contributed by atoms with Crippen LogP contribution in [-0.2, 0) is 19.1 Å². The Labute approximate surface area is 191 Å². The van der Waals surface area contributed by atoms with Crippen LogP contribution in [0.2, 0.25) is 0 Å². The van der Waals surface area contributed by atoms with E-state index in [1.165, 1.54) is 51.4 Å². The van der Waals surface area contributed by atoms with Crippen LogP contribution in [0.15, 0.2) is 12.2 Å². The van der Waals surface area contributed by atoms with E-state index in [1.54, 1.807) is 0 Å². The molecule has 0 rings (SSSR count). The molecule has 5 heteroatoms. The van der Waals surface area contributed by atoms with Crippen LogP contribution < -0.4 is 0 Å². The summed E-state index contributed by atoms with van der Waals surface area (Å²) in [4.78, 5) is 23.7. The molecule has 0 amide bonds. The van der Waals surface area contributed by atoms with Gasteiger partial charge in [0.25, 0.3) is 0 Å². The van der Waals surface area contributed by atoms with Gasteiger partial charge in [0.1, 0.15) is 6.61 Å². The highest BCUT2D eigenvalue weighted by Crippen LogP contribution is 2.11. The Balaban J connectivity index is 3.64. The third-order valence-corrected chi connectivity index (χ3v) is 5.40. The van der Waals surface area contributed by atoms with Gasteiger partial charge in [0, 0.05) is 12.8 Å². The van der Waals surface area contributed by atoms with Crippen molar-refractivity contribution in [1.82, 2.24) is 0 Å². The molecule has 0 radical (unpaired) electrons. The van der Waals surface area contributed by atoms with Crippen LogP contribution in [0.3, 0.4) is 0 Å². The number of allylic oxidation sites excluding steroid dienone is 2. The summed E-state index contributed by atoms with van der Waals surface area (Å²) in [5, 5.41) is 9.38. The Morgan fingerprint density at radius 2 is 1.29 bits per heavy atom. The SMILES string of the molecule is C/C=C/CCCCCCCC(=O)O[C@@H](CO)COC(=O)CCCCCCCCCCC. The first-order valence-electron chi connectivity index (χ1n) is 12.7. The zero-order valence-corrected chi connectivity index (χ0v) is 20.2. The zero-order valence-electron chi connectivity index (χ0n) is 20.2. The molecule has 0 aliphatic rings. The largest absolute Gasteiger partial charge is 0.462 e. The Morgan fingerprint density at radius 1 is 0.774 bits per heavy atom. The van der Waals surface area contributed by atoms with Crippen molar-refractivity contribution in [3.05, 3.63) is 12.2 Å². The lowest BCUT2D eigenvalue weighted by molar-refractivity contribution is -0.161. The number of unbranched alkanes of at least 4 members (excludes halogenated alkanes) is 13. The van der Waals surface area contributed by atoms with E-state index in [1.807, 2.05) is 6.92 Å². The molecule has 0 fully saturated rings. The zero-order chi connectivity index (χ0) is 23.0. The van der Waals surface area contributed by atoms with Gasteiger partial charge in [-0.05, 0) is 32.6 Å². The summed E-state index contributed by atoms with van der Waals surface area (Å²) in [6, 6.07) is 0. The second-order valence-electron chi connectivity index (χ2n) is 8.43. The van der Waals surface area contributed by atoms with Crippen molar-refractivity contribution in [3.63, 3.8) is 0 Å². The molecule has 0 aromatic rings. The van der Waals surface area contributed by atoms with Crippen LogP contribution in [0.25, 0.3) is 0 Å². The average molecular weight is 441 g/mol. The number of aliphatic hydroxyl groups is 1. The fourth-order valence-corrected chi connectivity index (χ4v) is 3.44. The van der Waals surface area contributed by atoms with E-state index in [9.17, 15) is 14.7 Å². The van der Waals surface area contributed by atoms with Crippen LogP contribution in [0, 0.1) is 0 Å². The van der Waals surface area contributed by atoms with Crippen molar-refractivity contribution in [1.29, 1.82) is 0 Å². The summed E-state index contributed by atoms with van der Waals surface area (Å²) in [6.45, 7) is 3.86. The normalized spacial score (nSPS) is 12.2. The number of hydrogen-bond acceptors (Lipinski definition) is 5. The number of carbonyl (C=O) groups is 2. The number of rotatable bonds is 22. The van der Waals surface area contributed by atoms with Gasteiger partial charge in [-0.3, -0.25) is 9.59 Å². The van der Waals surface area contributed by atoms with Gasteiger partial charge in [0.2, 0.25) is 0 Å². The van der Waals surface area contributed by atoms with Crippen molar-refractivity contribution in [2.45, 2.75) is 129 Å². The van der Waals surface area contributed by atoms with E-state index in [0.29, 0.717) is 12.8 Å². The number of hydrogen-bond donors (Lipinski definition) is 1. The molecule has 0 saturated heterocycles. The highest BCUT2D eigenvalue weighted by Gasteiger charge is 2.16. The fraction of sp³-hybridized carbons (Fsp3) is 0.846. The van der Waals surface area contributed by atoms with Gasteiger partial charge in [0.15, 0.2) is 6.10 Å². The van der Waals surface area contributed by atoms with E-state index in [0.717, 1.165) is 44.9 Å². The number of aliphatic hydroxyl groups excluding tert-OH is 1. The molecule has 0 unspecified atom stereocenters. The van der Waals surface area contributed by atoms with Gasteiger partial charge >= 0.3 is 11.9 Å². The molecule has 0 heterocycles. The summed E-state index contributed by atoms with van der Waals surface area (Å²) in [5.74, 6) is -0.613. The first-order valence-corrected chi connectivity index (χ1v) is 12.7. The standard InChI is InChI=1S/C26H48O5/c1-3-5-7-9-11-13-15-16-18-20-25(28)30-23-24(22-27)31-26(29)21-19-17-14-12-10-8-6-4-2/h4,6,24,27H,3,5,7-23H2,1-2H3/b6-4+/t24-/m0/s1. The first-order chi connectivity index (χ1) is 15.1. The maximum Gasteiger partial charge on any atom is 0.306 e. The third-order valence-electron chi connectivity index (χ3n) is 5.40. The summed E-state index contributed by atoms with van der Waals surface area (Å²) in [6.07, 6.45) is 21.4. The van der Waals surface area contributed by atoms with Gasteiger partial charge < -0.3 is 14.6 Å². The molecular formula is C26H48O5. The molecule has 0 aromatic carbocycles. The maximum atomic E-state index is 11.9. The van der Waals surface area contributed by atoms with Crippen molar-refractivity contribution >= 4 is 11.9 Å². The monoisotopic (exact) mass is 440 g/mol. The predicted molar refractivity (Wildman–Crippen MR) is 127 cm³/mol. The van der Waals surface area contributed by atoms with E-state index in [2.05, 4.69) is 19.1 Å².